The molecule has 0 spiro atoms. The molecule has 3 heterocycles. The molecule has 1 amide bonds. The number of morpholine rings is 1. The molecule has 0 atom stereocenters. The molecule has 2 aliphatic heterocycles. The predicted molar refractivity (Wildman–Crippen MR) is 113 cm³/mol. The van der Waals surface area contributed by atoms with E-state index in [2.05, 4.69) is 30.1 Å². The molecule has 0 radical (unpaired) electrons. The van der Waals surface area contributed by atoms with Gasteiger partial charge in [-0.15, -0.1) is 0 Å². The molecule has 1 aromatic heterocycles. The second kappa shape index (κ2) is 9.44. The number of anilines is 2. The number of ether oxygens (including phenoxy) is 2. The minimum Gasteiger partial charge on any atom is -0.496 e. The predicted octanol–water partition coefficient (Wildman–Crippen LogP) is 1.90. The van der Waals surface area contributed by atoms with E-state index in [0.717, 1.165) is 39.0 Å². The maximum absolute atomic E-state index is 12.7. The van der Waals surface area contributed by atoms with Crippen LogP contribution in [-0.2, 0) is 11.3 Å². The Bertz CT molecular complexity index is 900. The Kier molecular flexibility index (Phi) is 6.49. The van der Waals surface area contributed by atoms with Gasteiger partial charge in [-0.05, 0) is 31.0 Å². The van der Waals surface area contributed by atoms with Gasteiger partial charge < -0.3 is 24.6 Å². The highest BCUT2D eigenvalue weighted by Gasteiger charge is 2.21. The molecule has 1 N–H and O–H groups in total. The molecule has 0 saturated carbocycles. The molecule has 2 aromatic rings. The standard InChI is InChI=1S/C20H25ClN6O3/c1-29-16-5-4-14(21)12-15(16)18(28)22-13-17-23-19(26-6-2-3-7-26)25-20(24-17)27-8-10-30-11-9-27/h4-5,12H,2-3,6-11,13H2,1H3,(H,22,28). The van der Waals surface area contributed by atoms with Gasteiger partial charge in [0.25, 0.3) is 5.91 Å². The Morgan fingerprint density at radius 3 is 2.43 bits per heavy atom. The van der Waals surface area contributed by atoms with Crippen LogP contribution >= 0.6 is 11.6 Å². The van der Waals surface area contributed by atoms with Crippen LogP contribution in [0.25, 0.3) is 0 Å². The zero-order chi connectivity index (χ0) is 20.9. The van der Waals surface area contributed by atoms with Gasteiger partial charge in [0.2, 0.25) is 11.9 Å². The first kappa shape index (κ1) is 20.6. The zero-order valence-corrected chi connectivity index (χ0v) is 17.7. The first-order valence-corrected chi connectivity index (χ1v) is 10.5. The van der Waals surface area contributed by atoms with Crippen LogP contribution in [0.15, 0.2) is 18.2 Å². The molecule has 10 heteroatoms. The summed E-state index contributed by atoms with van der Waals surface area (Å²) in [6.07, 6.45) is 2.25. The number of nitrogens with zero attached hydrogens (tertiary/aromatic N) is 5. The summed E-state index contributed by atoms with van der Waals surface area (Å²) in [5.74, 6) is 1.96. The van der Waals surface area contributed by atoms with Crippen molar-refractivity contribution in [3.8, 4) is 5.75 Å². The highest BCUT2D eigenvalue weighted by molar-refractivity contribution is 6.31. The summed E-state index contributed by atoms with van der Waals surface area (Å²) in [6.45, 7) is 4.78. The lowest BCUT2D eigenvalue weighted by Crippen LogP contribution is -2.38. The van der Waals surface area contributed by atoms with Crippen LogP contribution in [0.5, 0.6) is 5.75 Å². The van der Waals surface area contributed by atoms with Crippen LogP contribution in [0, 0.1) is 0 Å². The van der Waals surface area contributed by atoms with Crippen molar-refractivity contribution < 1.29 is 14.3 Å². The van der Waals surface area contributed by atoms with Gasteiger partial charge in [0.1, 0.15) is 5.75 Å². The molecule has 160 valence electrons. The van der Waals surface area contributed by atoms with Crippen LogP contribution in [-0.4, -0.2) is 67.4 Å². The number of hydrogen-bond acceptors (Lipinski definition) is 8. The van der Waals surface area contributed by atoms with Crippen molar-refractivity contribution in [1.82, 2.24) is 20.3 Å². The minimum atomic E-state index is -0.301. The molecule has 0 aliphatic carbocycles. The van der Waals surface area contributed by atoms with Crippen molar-refractivity contribution >= 4 is 29.4 Å². The number of rotatable bonds is 6. The van der Waals surface area contributed by atoms with Crippen LogP contribution in [0.3, 0.4) is 0 Å². The van der Waals surface area contributed by atoms with E-state index in [-0.39, 0.29) is 12.5 Å². The fourth-order valence-corrected chi connectivity index (χ4v) is 3.72. The van der Waals surface area contributed by atoms with Crippen molar-refractivity contribution in [3.63, 3.8) is 0 Å². The van der Waals surface area contributed by atoms with E-state index in [4.69, 9.17) is 21.1 Å². The smallest absolute Gasteiger partial charge is 0.255 e. The number of carbonyl (C=O) groups excluding carboxylic acids is 1. The number of aromatic nitrogens is 3. The van der Waals surface area contributed by atoms with E-state index in [9.17, 15) is 4.79 Å². The molecule has 0 unspecified atom stereocenters. The van der Waals surface area contributed by atoms with Gasteiger partial charge in [0.15, 0.2) is 5.82 Å². The third kappa shape index (κ3) is 4.73. The van der Waals surface area contributed by atoms with Crippen molar-refractivity contribution in [3.05, 3.63) is 34.6 Å². The monoisotopic (exact) mass is 432 g/mol. The van der Waals surface area contributed by atoms with Crippen molar-refractivity contribution in [2.45, 2.75) is 19.4 Å². The molecular weight excluding hydrogens is 408 g/mol. The summed E-state index contributed by atoms with van der Waals surface area (Å²) in [5.41, 5.74) is 0.368. The van der Waals surface area contributed by atoms with Crippen LogP contribution in [0.2, 0.25) is 5.02 Å². The SMILES string of the molecule is COc1ccc(Cl)cc1C(=O)NCc1nc(N2CCCC2)nc(N2CCOCC2)n1. The molecule has 30 heavy (non-hydrogen) atoms. The molecule has 4 rings (SSSR count). The number of carbonyl (C=O) groups is 1. The molecule has 2 saturated heterocycles. The average Bonchev–Trinajstić information content (AvgIpc) is 3.33. The molecule has 2 fully saturated rings. The lowest BCUT2D eigenvalue weighted by Gasteiger charge is -2.28. The topological polar surface area (TPSA) is 92.7 Å². The fourth-order valence-electron chi connectivity index (χ4n) is 3.55. The van der Waals surface area contributed by atoms with Crippen LogP contribution < -0.4 is 19.9 Å². The van der Waals surface area contributed by atoms with E-state index in [1.165, 1.54) is 7.11 Å². The maximum Gasteiger partial charge on any atom is 0.255 e. The van der Waals surface area contributed by atoms with E-state index in [1.807, 2.05) is 0 Å². The van der Waals surface area contributed by atoms with Gasteiger partial charge in [-0.25, -0.2) is 0 Å². The lowest BCUT2D eigenvalue weighted by atomic mass is 10.2. The number of amides is 1. The Morgan fingerprint density at radius 1 is 1.10 bits per heavy atom. The Morgan fingerprint density at radius 2 is 1.77 bits per heavy atom. The highest BCUT2D eigenvalue weighted by atomic mass is 35.5. The zero-order valence-electron chi connectivity index (χ0n) is 16.9. The molecular formula is C20H25ClN6O3. The molecule has 2 aliphatic rings. The van der Waals surface area contributed by atoms with E-state index in [0.29, 0.717) is 47.3 Å². The van der Waals surface area contributed by atoms with Crippen LogP contribution in [0.4, 0.5) is 11.9 Å². The van der Waals surface area contributed by atoms with Gasteiger partial charge in [0.05, 0.1) is 32.4 Å². The summed E-state index contributed by atoms with van der Waals surface area (Å²) in [7, 11) is 1.52. The fraction of sp³-hybridized carbons (Fsp3) is 0.500. The van der Waals surface area contributed by atoms with Gasteiger partial charge >= 0.3 is 0 Å². The summed E-state index contributed by atoms with van der Waals surface area (Å²) in [5, 5.41) is 3.34. The Balaban J connectivity index is 1.54. The Hall–Kier alpha value is -2.65. The molecule has 9 nitrogen and oxygen atoms in total. The van der Waals surface area contributed by atoms with Gasteiger partial charge in [-0.1, -0.05) is 11.6 Å². The third-order valence-electron chi connectivity index (χ3n) is 5.15. The number of nitrogens with one attached hydrogen (secondary N) is 1. The van der Waals surface area contributed by atoms with E-state index in [1.54, 1.807) is 18.2 Å². The normalized spacial score (nSPS) is 16.6. The van der Waals surface area contributed by atoms with Crippen LogP contribution in [0.1, 0.15) is 29.0 Å². The molecule has 1 aromatic carbocycles. The van der Waals surface area contributed by atoms with Crippen molar-refractivity contribution in [2.24, 2.45) is 0 Å². The number of halogens is 1. The summed E-state index contributed by atoms with van der Waals surface area (Å²) in [4.78, 5) is 30.9. The second-order valence-electron chi connectivity index (χ2n) is 7.17. The summed E-state index contributed by atoms with van der Waals surface area (Å²) in [6, 6.07) is 4.93. The summed E-state index contributed by atoms with van der Waals surface area (Å²) < 4.78 is 10.7. The maximum atomic E-state index is 12.7. The highest BCUT2D eigenvalue weighted by Crippen LogP contribution is 2.23. The van der Waals surface area contributed by atoms with Gasteiger partial charge in [0, 0.05) is 31.2 Å². The number of hydrogen-bond donors (Lipinski definition) is 1. The lowest BCUT2D eigenvalue weighted by molar-refractivity contribution is 0.0947. The van der Waals surface area contributed by atoms with Crippen molar-refractivity contribution in [2.75, 3.05) is 56.3 Å². The Labute approximate surface area is 180 Å². The summed E-state index contributed by atoms with van der Waals surface area (Å²) >= 11 is 6.05. The van der Waals surface area contributed by atoms with Gasteiger partial charge in [-0.3, -0.25) is 4.79 Å². The van der Waals surface area contributed by atoms with Crippen molar-refractivity contribution in [1.29, 1.82) is 0 Å². The molecule has 0 bridgehead atoms. The first-order valence-electron chi connectivity index (χ1n) is 10.1. The number of benzene rings is 1. The second-order valence-corrected chi connectivity index (χ2v) is 7.61. The van der Waals surface area contributed by atoms with E-state index >= 15 is 0 Å². The number of methoxy groups -OCH3 is 1. The largest absolute Gasteiger partial charge is 0.496 e. The third-order valence-corrected chi connectivity index (χ3v) is 5.39. The van der Waals surface area contributed by atoms with E-state index < -0.39 is 0 Å². The average molecular weight is 433 g/mol. The first-order chi connectivity index (χ1) is 14.6. The quantitative estimate of drug-likeness (QED) is 0.739. The minimum absolute atomic E-state index is 0.176. The van der Waals surface area contributed by atoms with Gasteiger partial charge in [-0.2, -0.15) is 15.0 Å².